The molecule has 0 bridgehead atoms. The molecule has 0 spiro atoms. The molecule has 0 aliphatic rings. The molecule has 7 heteroatoms. The molecule has 0 aliphatic heterocycles. The van der Waals surface area contributed by atoms with Gasteiger partial charge < -0.3 is 5.32 Å². The summed E-state index contributed by atoms with van der Waals surface area (Å²) < 4.78 is 36.4. The Morgan fingerprint density at radius 3 is 2.84 bits per heavy atom. The number of rotatable bonds is 4. The average Bonchev–Trinajstić information content (AvgIpc) is 2.29. The standard InChI is InChI=1S/C12H12BrFN2O2S/c1-19(17,18)6-5-15-12-9(13)7-8-3-2-4-10(14)11(8)16-12/h2-4,7H,5-6H2,1H3,(H,15,16). The molecule has 0 saturated heterocycles. The lowest BCUT2D eigenvalue weighted by Crippen LogP contribution is -2.15. The van der Waals surface area contributed by atoms with Crippen molar-refractivity contribution in [3.05, 3.63) is 34.6 Å². The van der Waals surface area contributed by atoms with Crippen molar-refractivity contribution in [2.45, 2.75) is 0 Å². The number of aromatic nitrogens is 1. The van der Waals surface area contributed by atoms with Gasteiger partial charge in [-0.05, 0) is 28.1 Å². The Bertz CT molecular complexity index is 719. The zero-order valence-electron chi connectivity index (χ0n) is 10.2. The SMILES string of the molecule is CS(=O)(=O)CCNc1nc2c(F)cccc2cc1Br. The number of hydrogen-bond donors (Lipinski definition) is 1. The summed E-state index contributed by atoms with van der Waals surface area (Å²) in [4.78, 5) is 4.17. The van der Waals surface area contributed by atoms with Crippen LogP contribution >= 0.6 is 15.9 Å². The predicted octanol–water partition coefficient (Wildman–Crippen LogP) is 2.59. The summed E-state index contributed by atoms with van der Waals surface area (Å²) in [6, 6.07) is 6.46. The maximum Gasteiger partial charge on any atom is 0.149 e. The molecule has 1 aromatic heterocycles. The minimum Gasteiger partial charge on any atom is -0.368 e. The Hall–Kier alpha value is -1.21. The Morgan fingerprint density at radius 1 is 1.42 bits per heavy atom. The molecule has 0 fully saturated rings. The number of nitrogens with zero attached hydrogens (tertiary/aromatic N) is 1. The van der Waals surface area contributed by atoms with E-state index in [1.807, 2.05) is 0 Å². The van der Waals surface area contributed by atoms with E-state index in [0.29, 0.717) is 15.7 Å². The number of pyridine rings is 1. The predicted molar refractivity (Wildman–Crippen MR) is 77.6 cm³/mol. The van der Waals surface area contributed by atoms with Crippen molar-refractivity contribution in [1.82, 2.24) is 4.98 Å². The summed E-state index contributed by atoms with van der Waals surface area (Å²) in [5.74, 6) is 0.0218. The van der Waals surface area contributed by atoms with Gasteiger partial charge in [-0.2, -0.15) is 0 Å². The van der Waals surface area contributed by atoms with Gasteiger partial charge in [0.2, 0.25) is 0 Å². The maximum atomic E-state index is 13.6. The summed E-state index contributed by atoms with van der Waals surface area (Å²) in [7, 11) is -3.04. The number of anilines is 1. The van der Waals surface area contributed by atoms with Gasteiger partial charge >= 0.3 is 0 Å². The van der Waals surface area contributed by atoms with Crippen LogP contribution in [0.4, 0.5) is 10.2 Å². The fraction of sp³-hybridized carbons (Fsp3) is 0.250. The molecule has 4 nitrogen and oxygen atoms in total. The number of sulfone groups is 1. The highest BCUT2D eigenvalue weighted by Crippen LogP contribution is 2.26. The van der Waals surface area contributed by atoms with E-state index in [0.717, 1.165) is 6.26 Å². The van der Waals surface area contributed by atoms with Crippen molar-refractivity contribution in [2.75, 3.05) is 23.9 Å². The Morgan fingerprint density at radius 2 is 2.16 bits per heavy atom. The van der Waals surface area contributed by atoms with Crippen molar-refractivity contribution in [1.29, 1.82) is 0 Å². The molecule has 2 rings (SSSR count). The first-order chi connectivity index (χ1) is 8.87. The first kappa shape index (κ1) is 14.2. The minimum atomic E-state index is -3.04. The molecule has 1 heterocycles. The van der Waals surface area contributed by atoms with E-state index in [9.17, 15) is 12.8 Å². The molecule has 1 N–H and O–H groups in total. The van der Waals surface area contributed by atoms with Crippen LogP contribution in [0.1, 0.15) is 0 Å². The number of nitrogens with one attached hydrogen (secondary N) is 1. The first-order valence-corrected chi connectivity index (χ1v) is 8.38. The summed E-state index contributed by atoms with van der Waals surface area (Å²) in [6.45, 7) is 0.227. The minimum absolute atomic E-state index is 0.00354. The Kier molecular flexibility index (Phi) is 4.05. The van der Waals surface area contributed by atoms with Gasteiger partial charge in [-0.3, -0.25) is 0 Å². The first-order valence-electron chi connectivity index (χ1n) is 5.53. The third-order valence-electron chi connectivity index (χ3n) is 2.52. The Balaban J connectivity index is 2.28. The van der Waals surface area contributed by atoms with Crippen molar-refractivity contribution < 1.29 is 12.8 Å². The smallest absolute Gasteiger partial charge is 0.149 e. The van der Waals surface area contributed by atoms with E-state index in [1.54, 1.807) is 18.2 Å². The average molecular weight is 347 g/mol. The summed E-state index contributed by atoms with van der Waals surface area (Å²) in [5, 5.41) is 3.57. The number of benzene rings is 1. The zero-order valence-corrected chi connectivity index (χ0v) is 12.6. The van der Waals surface area contributed by atoms with Crippen molar-refractivity contribution in [3.63, 3.8) is 0 Å². The van der Waals surface area contributed by atoms with Gasteiger partial charge in [-0.15, -0.1) is 0 Å². The van der Waals surface area contributed by atoms with Crippen LogP contribution in [0.3, 0.4) is 0 Å². The number of hydrogen-bond acceptors (Lipinski definition) is 4. The second-order valence-corrected chi connectivity index (χ2v) is 7.30. The third kappa shape index (κ3) is 3.63. The third-order valence-corrected chi connectivity index (χ3v) is 4.07. The lowest BCUT2D eigenvalue weighted by atomic mass is 10.2. The Labute approximate surface area is 119 Å². The summed E-state index contributed by atoms with van der Waals surface area (Å²) in [5.41, 5.74) is 0.257. The summed E-state index contributed by atoms with van der Waals surface area (Å²) in [6.07, 6.45) is 1.16. The van der Waals surface area contributed by atoms with Gasteiger partial charge in [0.05, 0.1) is 10.2 Å². The van der Waals surface area contributed by atoms with Crippen LogP contribution < -0.4 is 5.32 Å². The number of halogens is 2. The fourth-order valence-corrected chi connectivity index (χ4v) is 2.56. The molecule has 2 aromatic rings. The van der Waals surface area contributed by atoms with Crippen LogP contribution in [0.25, 0.3) is 10.9 Å². The normalized spacial score (nSPS) is 11.7. The van der Waals surface area contributed by atoms with Gasteiger partial charge in [0.15, 0.2) is 0 Å². The number of fused-ring (bicyclic) bond motifs is 1. The van der Waals surface area contributed by atoms with Crippen LogP contribution in [-0.2, 0) is 9.84 Å². The molecule has 0 saturated carbocycles. The lowest BCUT2D eigenvalue weighted by molar-refractivity contribution is 0.602. The molecular formula is C12H12BrFN2O2S. The molecule has 102 valence electrons. The van der Waals surface area contributed by atoms with Gasteiger partial charge in [0.25, 0.3) is 0 Å². The fourth-order valence-electron chi connectivity index (χ4n) is 1.62. The molecule has 0 amide bonds. The molecule has 0 aliphatic carbocycles. The lowest BCUT2D eigenvalue weighted by Gasteiger charge is -2.09. The largest absolute Gasteiger partial charge is 0.368 e. The van der Waals surface area contributed by atoms with Gasteiger partial charge in [0, 0.05) is 18.2 Å². The van der Waals surface area contributed by atoms with Crippen LogP contribution in [0.2, 0.25) is 0 Å². The molecule has 0 radical (unpaired) electrons. The van der Waals surface area contributed by atoms with Crippen LogP contribution in [-0.4, -0.2) is 32.0 Å². The second-order valence-electron chi connectivity index (χ2n) is 4.19. The van der Waals surface area contributed by atoms with Crippen LogP contribution in [0.5, 0.6) is 0 Å². The van der Waals surface area contributed by atoms with Crippen molar-refractivity contribution in [2.24, 2.45) is 0 Å². The van der Waals surface area contributed by atoms with E-state index in [1.165, 1.54) is 6.07 Å². The second kappa shape index (κ2) is 5.42. The van der Waals surface area contributed by atoms with Gasteiger partial charge in [0.1, 0.15) is 27.0 Å². The highest BCUT2D eigenvalue weighted by Gasteiger charge is 2.08. The highest BCUT2D eigenvalue weighted by atomic mass is 79.9. The molecule has 0 atom stereocenters. The highest BCUT2D eigenvalue weighted by molar-refractivity contribution is 9.10. The quantitative estimate of drug-likeness (QED) is 0.924. The van der Waals surface area contributed by atoms with E-state index in [-0.39, 0.29) is 17.8 Å². The monoisotopic (exact) mass is 346 g/mol. The maximum absolute atomic E-state index is 13.6. The molecular weight excluding hydrogens is 335 g/mol. The van der Waals surface area contributed by atoms with Gasteiger partial charge in [-0.1, -0.05) is 12.1 Å². The van der Waals surface area contributed by atoms with E-state index < -0.39 is 15.7 Å². The van der Waals surface area contributed by atoms with Crippen molar-refractivity contribution >= 4 is 42.5 Å². The zero-order chi connectivity index (χ0) is 14.0. The number of para-hydroxylation sites is 1. The topological polar surface area (TPSA) is 59.1 Å². The van der Waals surface area contributed by atoms with E-state index in [4.69, 9.17) is 0 Å². The molecule has 0 unspecified atom stereocenters. The molecule has 19 heavy (non-hydrogen) atoms. The molecule has 1 aromatic carbocycles. The van der Waals surface area contributed by atoms with Gasteiger partial charge in [-0.25, -0.2) is 17.8 Å². The van der Waals surface area contributed by atoms with Crippen molar-refractivity contribution in [3.8, 4) is 0 Å². The van der Waals surface area contributed by atoms with E-state index in [2.05, 4.69) is 26.2 Å². The van der Waals surface area contributed by atoms with Crippen LogP contribution in [0, 0.1) is 5.82 Å². The van der Waals surface area contributed by atoms with Crippen LogP contribution in [0.15, 0.2) is 28.7 Å². The van der Waals surface area contributed by atoms with E-state index >= 15 is 0 Å². The summed E-state index contributed by atoms with van der Waals surface area (Å²) >= 11 is 3.33.